The van der Waals surface area contributed by atoms with Crippen LogP contribution in [0.2, 0.25) is 5.02 Å². The van der Waals surface area contributed by atoms with Crippen molar-refractivity contribution in [3.63, 3.8) is 0 Å². The molecule has 1 aromatic rings. The van der Waals surface area contributed by atoms with Crippen LogP contribution in [0.15, 0.2) is 18.2 Å². The zero-order valence-electron chi connectivity index (χ0n) is 9.54. The van der Waals surface area contributed by atoms with Gasteiger partial charge in [-0.15, -0.1) is 0 Å². The number of carbonyl (C=O) groups excluding carboxylic acids is 1. The van der Waals surface area contributed by atoms with E-state index in [0.29, 0.717) is 13.1 Å². The van der Waals surface area contributed by atoms with Gasteiger partial charge in [0.15, 0.2) is 0 Å². The number of halogens is 2. The van der Waals surface area contributed by atoms with E-state index in [1.165, 1.54) is 18.2 Å². The number of amides is 1. The second-order valence-corrected chi connectivity index (χ2v) is 4.61. The maximum atomic E-state index is 13.6. The van der Waals surface area contributed by atoms with E-state index in [1.54, 1.807) is 4.90 Å². The summed E-state index contributed by atoms with van der Waals surface area (Å²) in [5.74, 6) is -0.893. The average molecular weight is 257 g/mol. The lowest BCUT2D eigenvalue weighted by Crippen LogP contribution is -2.51. The highest BCUT2D eigenvalue weighted by Crippen LogP contribution is 2.21. The SMILES string of the molecule is C[C@H]1CN(C(=O)c2c(F)cccc2Cl)CCN1. The third kappa shape index (κ3) is 2.58. The van der Waals surface area contributed by atoms with Crippen LogP contribution in [0, 0.1) is 5.82 Å². The fourth-order valence-electron chi connectivity index (χ4n) is 1.98. The van der Waals surface area contributed by atoms with Crippen molar-refractivity contribution in [2.24, 2.45) is 0 Å². The number of nitrogens with zero attached hydrogens (tertiary/aromatic N) is 1. The molecule has 0 radical (unpaired) electrons. The van der Waals surface area contributed by atoms with E-state index in [4.69, 9.17) is 11.6 Å². The first-order valence-electron chi connectivity index (χ1n) is 5.56. The molecule has 2 rings (SSSR count). The van der Waals surface area contributed by atoms with Crippen LogP contribution < -0.4 is 5.32 Å². The molecule has 0 aromatic heterocycles. The Kier molecular flexibility index (Phi) is 3.64. The highest BCUT2D eigenvalue weighted by Gasteiger charge is 2.25. The third-order valence-corrected chi connectivity index (χ3v) is 3.15. The molecule has 1 atom stereocenters. The van der Waals surface area contributed by atoms with E-state index in [-0.39, 0.29) is 22.5 Å². The first-order valence-corrected chi connectivity index (χ1v) is 5.94. The van der Waals surface area contributed by atoms with E-state index in [0.717, 1.165) is 6.54 Å². The van der Waals surface area contributed by atoms with Gasteiger partial charge in [0, 0.05) is 25.7 Å². The minimum absolute atomic E-state index is 0.0248. The molecular formula is C12H14ClFN2O. The minimum Gasteiger partial charge on any atom is -0.336 e. The molecule has 0 bridgehead atoms. The lowest BCUT2D eigenvalue weighted by Gasteiger charge is -2.32. The number of rotatable bonds is 1. The maximum Gasteiger partial charge on any atom is 0.258 e. The Morgan fingerprint density at radius 2 is 2.35 bits per heavy atom. The van der Waals surface area contributed by atoms with E-state index in [2.05, 4.69) is 5.32 Å². The van der Waals surface area contributed by atoms with Crippen LogP contribution in [-0.4, -0.2) is 36.5 Å². The molecule has 3 nitrogen and oxygen atoms in total. The summed E-state index contributed by atoms with van der Waals surface area (Å²) in [5.41, 5.74) is -0.0248. The van der Waals surface area contributed by atoms with Crippen LogP contribution in [0.25, 0.3) is 0 Å². The number of carbonyl (C=O) groups is 1. The van der Waals surface area contributed by atoms with Crippen LogP contribution in [-0.2, 0) is 0 Å². The van der Waals surface area contributed by atoms with Gasteiger partial charge in [0.25, 0.3) is 5.91 Å². The van der Waals surface area contributed by atoms with Crippen LogP contribution in [0.3, 0.4) is 0 Å². The number of hydrogen-bond acceptors (Lipinski definition) is 2. The molecule has 92 valence electrons. The van der Waals surface area contributed by atoms with Gasteiger partial charge in [-0.05, 0) is 19.1 Å². The number of benzene rings is 1. The lowest BCUT2D eigenvalue weighted by molar-refractivity contribution is 0.0704. The van der Waals surface area contributed by atoms with Crippen LogP contribution in [0.1, 0.15) is 17.3 Å². The molecule has 0 spiro atoms. The van der Waals surface area contributed by atoms with Crippen molar-refractivity contribution in [3.05, 3.63) is 34.6 Å². The Balaban J connectivity index is 2.24. The topological polar surface area (TPSA) is 32.3 Å². The van der Waals surface area contributed by atoms with Gasteiger partial charge in [0.2, 0.25) is 0 Å². The second-order valence-electron chi connectivity index (χ2n) is 4.20. The summed E-state index contributed by atoms with van der Waals surface area (Å²) in [6.45, 7) is 3.86. The van der Waals surface area contributed by atoms with Gasteiger partial charge in [0.05, 0.1) is 10.6 Å². The molecule has 1 saturated heterocycles. The van der Waals surface area contributed by atoms with Crippen molar-refractivity contribution in [1.29, 1.82) is 0 Å². The zero-order chi connectivity index (χ0) is 12.4. The van der Waals surface area contributed by atoms with Crippen molar-refractivity contribution >= 4 is 17.5 Å². The molecule has 0 saturated carbocycles. The standard InChI is InChI=1S/C12H14ClFN2O/c1-8-7-16(6-5-15-8)12(17)11-9(13)3-2-4-10(11)14/h2-4,8,15H,5-7H2,1H3/t8-/m0/s1. The smallest absolute Gasteiger partial charge is 0.258 e. The quantitative estimate of drug-likeness (QED) is 0.833. The zero-order valence-corrected chi connectivity index (χ0v) is 10.3. The van der Waals surface area contributed by atoms with Crippen molar-refractivity contribution in [2.45, 2.75) is 13.0 Å². The Bertz CT molecular complexity index is 418. The van der Waals surface area contributed by atoms with Crippen LogP contribution >= 0.6 is 11.6 Å². The molecule has 1 heterocycles. The Morgan fingerprint density at radius 3 is 3.00 bits per heavy atom. The largest absolute Gasteiger partial charge is 0.336 e. The van der Waals surface area contributed by atoms with E-state index in [1.807, 2.05) is 6.92 Å². The molecule has 0 aliphatic carbocycles. The first-order chi connectivity index (χ1) is 8.09. The summed E-state index contributed by atoms with van der Waals surface area (Å²) in [6.07, 6.45) is 0. The van der Waals surface area contributed by atoms with Crippen molar-refractivity contribution in [1.82, 2.24) is 10.2 Å². The average Bonchev–Trinajstić information content (AvgIpc) is 2.28. The molecule has 1 N–H and O–H groups in total. The minimum atomic E-state index is -0.561. The molecule has 1 fully saturated rings. The number of hydrogen-bond donors (Lipinski definition) is 1. The highest BCUT2D eigenvalue weighted by atomic mass is 35.5. The summed E-state index contributed by atoms with van der Waals surface area (Å²) in [7, 11) is 0. The van der Waals surface area contributed by atoms with Crippen molar-refractivity contribution < 1.29 is 9.18 Å². The summed E-state index contributed by atoms with van der Waals surface area (Å²) in [4.78, 5) is 13.8. The van der Waals surface area contributed by atoms with E-state index < -0.39 is 5.82 Å². The van der Waals surface area contributed by atoms with Gasteiger partial charge in [0.1, 0.15) is 5.82 Å². The van der Waals surface area contributed by atoms with E-state index >= 15 is 0 Å². The maximum absolute atomic E-state index is 13.6. The Labute approximate surface area is 105 Å². The first kappa shape index (κ1) is 12.3. The molecule has 1 amide bonds. The molecule has 0 unspecified atom stereocenters. The fraction of sp³-hybridized carbons (Fsp3) is 0.417. The Hall–Kier alpha value is -1.13. The van der Waals surface area contributed by atoms with Gasteiger partial charge >= 0.3 is 0 Å². The lowest BCUT2D eigenvalue weighted by atomic mass is 10.1. The van der Waals surface area contributed by atoms with E-state index in [9.17, 15) is 9.18 Å². The Morgan fingerprint density at radius 1 is 1.59 bits per heavy atom. The van der Waals surface area contributed by atoms with Gasteiger partial charge in [-0.3, -0.25) is 4.79 Å². The van der Waals surface area contributed by atoms with Crippen LogP contribution in [0.5, 0.6) is 0 Å². The monoisotopic (exact) mass is 256 g/mol. The van der Waals surface area contributed by atoms with Crippen molar-refractivity contribution in [2.75, 3.05) is 19.6 Å². The predicted molar refractivity (Wildman–Crippen MR) is 64.8 cm³/mol. The molecule has 17 heavy (non-hydrogen) atoms. The number of nitrogens with one attached hydrogen (secondary N) is 1. The predicted octanol–water partition coefficient (Wildman–Crippen LogP) is 1.91. The van der Waals surface area contributed by atoms with Crippen LogP contribution in [0.4, 0.5) is 4.39 Å². The third-order valence-electron chi connectivity index (χ3n) is 2.83. The number of piperazine rings is 1. The molecule has 1 aliphatic rings. The fourth-order valence-corrected chi connectivity index (χ4v) is 2.22. The van der Waals surface area contributed by atoms with Gasteiger partial charge < -0.3 is 10.2 Å². The van der Waals surface area contributed by atoms with Gasteiger partial charge in [-0.25, -0.2) is 4.39 Å². The summed E-state index contributed by atoms with van der Waals surface area (Å²) in [6, 6.07) is 4.50. The summed E-state index contributed by atoms with van der Waals surface area (Å²) < 4.78 is 13.6. The molecule has 1 aromatic carbocycles. The summed E-state index contributed by atoms with van der Waals surface area (Å²) in [5, 5.41) is 3.39. The normalized spacial score (nSPS) is 20.4. The summed E-state index contributed by atoms with van der Waals surface area (Å²) >= 11 is 5.88. The van der Waals surface area contributed by atoms with Crippen molar-refractivity contribution in [3.8, 4) is 0 Å². The second kappa shape index (κ2) is 5.02. The molecular weight excluding hydrogens is 243 g/mol. The molecule has 5 heteroatoms. The molecule has 1 aliphatic heterocycles. The van der Waals surface area contributed by atoms with Gasteiger partial charge in [-0.2, -0.15) is 0 Å². The highest BCUT2D eigenvalue weighted by molar-refractivity contribution is 6.33. The van der Waals surface area contributed by atoms with Gasteiger partial charge in [-0.1, -0.05) is 17.7 Å².